The number of pyridine rings is 1. The van der Waals surface area contributed by atoms with E-state index in [0.29, 0.717) is 0 Å². The molecule has 0 saturated carbocycles. The lowest BCUT2D eigenvalue weighted by atomic mass is 10.1. The first-order chi connectivity index (χ1) is 9.19. The number of halogens is 1. The van der Waals surface area contributed by atoms with Crippen LogP contribution in [-0.2, 0) is 6.54 Å². The van der Waals surface area contributed by atoms with Crippen molar-refractivity contribution in [2.75, 3.05) is 0 Å². The molecule has 0 fully saturated rings. The fraction of sp³-hybridized carbons (Fsp3) is 0.133. The van der Waals surface area contributed by atoms with Gasteiger partial charge >= 0.3 is 0 Å². The van der Waals surface area contributed by atoms with Crippen molar-refractivity contribution in [2.45, 2.75) is 13.5 Å². The molecular formula is C15H15BrN3+. The van der Waals surface area contributed by atoms with Crippen LogP contribution in [0.1, 0.15) is 11.3 Å². The van der Waals surface area contributed by atoms with Crippen LogP contribution in [0.4, 0.5) is 0 Å². The van der Waals surface area contributed by atoms with Crippen LogP contribution in [0.15, 0.2) is 47.1 Å². The molecule has 0 aliphatic rings. The highest BCUT2D eigenvalue weighted by molar-refractivity contribution is 9.10. The third-order valence-electron chi connectivity index (χ3n) is 3.22. The van der Waals surface area contributed by atoms with Crippen molar-refractivity contribution in [3.05, 3.63) is 58.3 Å². The number of benzene rings is 1. The SMILES string of the molecule is Cc1ccc2nc(-c3ccc(Br)cc3)c(C[NH3+])n2c1. The van der Waals surface area contributed by atoms with Crippen LogP contribution in [0.25, 0.3) is 16.9 Å². The standard InChI is InChI=1S/C15H14BrN3/c1-10-2-7-14-18-15(13(8-17)19(14)9-10)11-3-5-12(16)6-4-11/h2-7,9H,8,17H2,1H3/p+1. The number of hydrogen-bond acceptors (Lipinski definition) is 1. The molecule has 2 heterocycles. The van der Waals surface area contributed by atoms with E-state index in [1.54, 1.807) is 0 Å². The summed E-state index contributed by atoms with van der Waals surface area (Å²) < 4.78 is 3.21. The van der Waals surface area contributed by atoms with Crippen LogP contribution in [0.5, 0.6) is 0 Å². The zero-order valence-corrected chi connectivity index (χ0v) is 12.3. The maximum absolute atomic E-state index is 4.73. The average Bonchev–Trinajstić information content (AvgIpc) is 2.77. The van der Waals surface area contributed by atoms with Gasteiger partial charge in [0.25, 0.3) is 0 Å². The molecule has 2 aromatic heterocycles. The van der Waals surface area contributed by atoms with Gasteiger partial charge in [0.15, 0.2) is 0 Å². The fourth-order valence-corrected chi connectivity index (χ4v) is 2.54. The quantitative estimate of drug-likeness (QED) is 0.776. The van der Waals surface area contributed by atoms with Gasteiger partial charge in [0.1, 0.15) is 17.9 Å². The molecule has 0 radical (unpaired) electrons. The molecule has 0 amide bonds. The zero-order chi connectivity index (χ0) is 13.4. The van der Waals surface area contributed by atoms with Crippen molar-refractivity contribution >= 4 is 21.6 Å². The molecule has 4 heteroatoms. The molecule has 0 saturated heterocycles. The van der Waals surface area contributed by atoms with Crippen molar-refractivity contribution in [1.29, 1.82) is 0 Å². The molecule has 0 bridgehead atoms. The van der Waals surface area contributed by atoms with Gasteiger partial charge in [0, 0.05) is 16.2 Å². The van der Waals surface area contributed by atoms with E-state index in [1.165, 1.54) is 5.56 Å². The Hall–Kier alpha value is -1.65. The van der Waals surface area contributed by atoms with E-state index >= 15 is 0 Å². The molecule has 3 N–H and O–H groups in total. The van der Waals surface area contributed by atoms with E-state index in [0.717, 1.165) is 33.6 Å². The van der Waals surface area contributed by atoms with Crippen molar-refractivity contribution in [2.24, 2.45) is 0 Å². The summed E-state index contributed by atoms with van der Waals surface area (Å²) in [5.74, 6) is 0. The van der Waals surface area contributed by atoms with Gasteiger partial charge in [-0.25, -0.2) is 4.98 Å². The van der Waals surface area contributed by atoms with Gasteiger partial charge in [-0.1, -0.05) is 34.1 Å². The van der Waals surface area contributed by atoms with Crippen molar-refractivity contribution in [3.63, 3.8) is 0 Å². The van der Waals surface area contributed by atoms with Crippen LogP contribution >= 0.6 is 15.9 Å². The molecule has 3 aromatic rings. The number of fused-ring (bicyclic) bond motifs is 1. The predicted octanol–water partition coefficient (Wildman–Crippen LogP) is 2.81. The van der Waals surface area contributed by atoms with Crippen LogP contribution in [0.3, 0.4) is 0 Å². The summed E-state index contributed by atoms with van der Waals surface area (Å²) in [4.78, 5) is 4.73. The highest BCUT2D eigenvalue weighted by Crippen LogP contribution is 2.25. The third-order valence-corrected chi connectivity index (χ3v) is 3.75. The molecule has 3 rings (SSSR count). The summed E-state index contributed by atoms with van der Waals surface area (Å²) in [6, 6.07) is 12.4. The second-order valence-corrected chi connectivity index (χ2v) is 5.51. The number of hydrogen-bond donors (Lipinski definition) is 1. The second kappa shape index (κ2) is 4.79. The summed E-state index contributed by atoms with van der Waals surface area (Å²) in [6.45, 7) is 2.81. The normalized spacial score (nSPS) is 11.1. The van der Waals surface area contributed by atoms with Gasteiger partial charge in [-0.2, -0.15) is 0 Å². The van der Waals surface area contributed by atoms with Gasteiger partial charge in [-0.05, 0) is 30.7 Å². The first-order valence-electron chi connectivity index (χ1n) is 6.22. The van der Waals surface area contributed by atoms with E-state index < -0.39 is 0 Å². The van der Waals surface area contributed by atoms with Crippen molar-refractivity contribution in [1.82, 2.24) is 9.38 Å². The molecule has 0 spiro atoms. The number of quaternary nitrogens is 1. The van der Waals surface area contributed by atoms with Crippen molar-refractivity contribution < 1.29 is 5.73 Å². The summed E-state index contributed by atoms with van der Waals surface area (Å²) in [5, 5.41) is 0. The molecule has 19 heavy (non-hydrogen) atoms. The molecule has 0 aliphatic heterocycles. The highest BCUT2D eigenvalue weighted by atomic mass is 79.9. The maximum Gasteiger partial charge on any atom is 0.137 e. The van der Waals surface area contributed by atoms with Gasteiger partial charge in [0.05, 0.1) is 5.69 Å². The van der Waals surface area contributed by atoms with Crippen LogP contribution in [0.2, 0.25) is 0 Å². The Kier molecular flexibility index (Phi) is 3.12. The second-order valence-electron chi connectivity index (χ2n) is 4.60. The predicted molar refractivity (Wildman–Crippen MR) is 79.7 cm³/mol. The van der Waals surface area contributed by atoms with E-state index in [2.05, 4.69) is 63.5 Å². The summed E-state index contributed by atoms with van der Waals surface area (Å²) in [7, 11) is 0. The monoisotopic (exact) mass is 316 g/mol. The Bertz CT molecular complexity index is 729. The molecule has 0 atom stereocenters. The fourth-order valence-electron chi connectivity index (χ4n) is 2.28. The van der Waals surface area contributed by atoms with E-state index in [4.69, 9.17) is 4.98 Å². The Morgan fingerprint density at radius 3 is 2.58 bits per heavy atom. The number of imidazole rings is 1. The molecule has 0 unspecified atom stereocenters. The first kappa shape index (κ1) is 12.4. The molecule has 3 nitrogen and oxygen atoms in total. The molecule has 0 aliphatic carbocycles. The number of aryl methyl sites for hydroxylation is 1. The van der Waals surface area contributed by atoms with E-state index in [-0.39, 0.29) is 0 Å². The van der Waals surface area contributed by atoms with Crippen molar-refractivity contribution in [3.8, 4) is 11.3 Å². The Morgan fingerprint density at radius 2 is 1.89 bits per heavy atom. The summed E-state index contributed by atoms with van der Waals surface area (Å²) >= 11 is 3.46. The minimum Gasteiger partial charge on any atom is -0.353 e. The zero-order valence-electron chi connectivity index (χ0n) is 10.7. The van der Waals surface area contributed by atoms with Gasteiger partial charge in [0.2, 0.25) is 0 Å². The molecule has 96 valence electrons. The Balaban J connectivity index is 2.25. The third kappa shape index (κ3) is 2.17. The van der Waals surface area contributed by atoms with Gasteiger partial charge < -0.3 is 5.73 Å². The summed E-state index contributed by atoms with van der Waals surface area (Å²) in [6.07, 6.45) is 2.12. The minimum absolute atomic E-state index is 0.718. The Labute approximate surface area is 120 Å². The lowest BCUT2D eigenvalue weighted by Gasteiger charge is -2.01. The van der Waals surface area contributed by atoms with Gasteiger partial charge in [-0.3, -0.25) is 4.40 Å². The van der Waals surface area contributed by atoms with E-state index in [1.807, 2.05) is 12.1 Å². The smallest absolute Gasteiger partial charge is 0.137 e. The first-order valence-corrected chi connectivity index (χ1v) is 7.01. The maximum atomic E-state index is 4.73. The molecule has 1 aromatic carbocycles. The summed E-state index contributed by atoms with van der Waals surface area (Å²) in [5.41, 5.74) is 9.54. The average molecular weight is 317 g/mol. The largest absolute Gasteiger partial charge is 0.353 e. The van der Waals surface area contributed by atoms with Gasteiger partial charge in [-0.15, -0.1) is 0 Å². The lowest BCUT2D eigenvalue weighted by molar-refractivity contribution is -0.387. The number of aromatic nitrogens is 2. The topological polar surface area (TPSA) is 44.9 Å². The highest BCUT2D eigenvalue weighted by Gasteiger charge is 2.13. The van der Waals surface area contributed by atoms with Crippen LogP contribution < -0.4 is 5.73 Å². The Morgan fingerprint density at radius 1 is 1.16 bits per heavy atom. The minimum atomic E-state index is 0.718. The number of nitrogens with zero attached hydrogens (tertiary/aromatic N) is 2. The number of rotatable bonds is 2. The lowest BCUT2D eigenvalue weighted by Crippen LogP contribution is -2.48. The van der Waals surface area contributed by atoms with Crippen LogP contribution in [-0.4, -0.2) is 9.38 Å². The molecular weight excluding hydrogens is 302 g/mol. The van der Waals surface area contributed by atoms with Crippen LogP contribution in [0, 0.1) is 6.92 Å². The van der Waals surface area contributed by atoms with E-state index in [9.17, 15) is 0 Å².